The summed E-state index contributed by atoms with van der Waals surface area (Å²) in [4.78, 5) is 20.5. The fourth-order valence-corrected chi connectivity index (χ4v) is 5.70. The van der Waals surface area contributed by atoms with E-state index in [1.54, 1.807) is 42.2 Å². The van der Waals surface area contributed by atoms with E-state index in [2.05, 4.69) is 4.98 Å². The number of nitrogens with zero attached hydrogens (tertiary/aromatic N) is 4. The first-order chi connectivity index (χ1) is 16.2. The normalized spacial score (nSPS) is 14.6. The van der Waals surface area contributed by atoms with Crippen LogP contribution >= 0.6 is 11.3 Å². The minimum absolute atomic E-state index is 0.0594. The molecule has 0 saturated carbocycles. The molecule has 0 aliphatic carbocycles. The number of primary sulfonamides is 1. The lowest BCUT2D eigenvalue weighted by Gasteiger charge is -2.34. The zero-order valence-corrected chi connectivity index (χ0v) is 19.7. The van der Waals surface area contributed by atoms with Crippen LogP contribution in [0.5, 0.6) is 0 Å². The van der Waals surface area contributed by atoms with Gasteiger partial charge in [0.2, 0.25) is 10.0 Å². The summed E-state index contributed by atoms with van der Waals surface area (Å²) in [6.07, 6.45) is 3.48. The molecule has 1 aliphatic heterocycles. The van der Waals surface area contributed by atoms with Gasteiger partial charge < -0.3 is 0 Å². The Morgan fingerprint density at radius 3 is 2.50 bits per heavy atom. The maximum absolute atomic E-state index is 14.0. The number of nitrogens with two attached hydrogens (primary N) is 1. The van der Waals surface area contributed by atoms with Gasteiger partial charge in [0.05, 0.1) is 11.8 Å². The lowest BCUT2D eigenvalue weighted by molar-refractivity contribution is 0.248. The average Bonchev–Trinajstić information content (AvgIpc) is 3.19. The number of hydrogen-bond donors (Lipinski definition) is 1. The number of aromatic nitrogens is 1. The zero-order chi connectivity index (χ0) is 24.5. The molecule has 1 saturated heterocycles. The van der Waals surface area contributed by atoms with Crippen molar-refractivity contribution in [3.63, 3.8) is 0 Å². The van der Waals surface area contributed by atoms with E-state index in [4.69, 9.17) is 10.4 Å². The van der Waals surface area contributed by atoms with E-state index in [-0.39, 0.29) is 21.1 Å². The van der Waals surface area contributed by atoms with Gasteiger partial charge in [-0.3, -0.25) is 9.80 Å². The number of urea groups is 1. The molecule has 0 radical (unpaired) electrons. The van der Waals surface area contributed by atoms with Crippen molar-refractivity contribution in [2.45, 2.75) is 17.6 Å². The van der Waals surface area contributed by atoms with Crippen molar-refractivity contribution in [3.8, 4) is 17.2 Å². The molecule has 2 aromatic carbocycles. The van der Waals surface area contributed by atoms with E-state index >= 15 is 0 Å². The largest absolute Gasteiger partial charge is 0.330 e. The van der Waals surface area contributed by atoms with Gasteiger partial charge in [0.15, 0.2) is 9.34 Å². The maximum Gasteiger partial charge on any atom is 0.330 e. The van der Waals surface area contributed by atoms with E-state index in [9.17, 15) is 17.6 Å². The number of nitriles is 1. The Kier molecular flexibility index (Phi) is 6.47. The van der Waals surface area contributed by atoms with E-state index in [1.807, 2.05) is 6.07 Å². The van der Waals surface area contributed by atoms with E-state index in [0.29, 0.717) is 36.3 Å². The highest BCUT2D eigenvalue weighted by Crippen LogP contribution is 2.33. The van der Waals surface area contributed by atoms with Gasteiger partial charge in [0, 0.05) is 24.9 Å². The Morgan fingerprint density at radius 1 is 1.15 bits per heavy atom. The summed E-state index contributed by atoms with van der Waals surface area (Å²) >= 11 is 0.875. The second-order valence-corrected chi connectivity index (χ2v) is 10.4. The van der Waals surface area contributed by atoms with E-state index in [0.717, 1.165) is 16.9 Å². The molecule has 1 fully saturated rings. The number of anilines is 2. The van der Waals surface area contributed by atoms with Gasteiger partial charge in [-0.2, -0.15) is 5.26 Å². The first-order valence-corrected chi connectivity index (χ1v) is 12.6. The maximum atomic E-state index is 14.0. The molecule has 4 rings (SSSR count). The third-order valence-electron chi connectivity index (χ3n) is 5.24. The van der Waals surface area contributed by atoms with Gasteiger partial charge in [0.1, 0.15) is 5.82 Å². The van der Waals surface area contributed by atoms with Crippen LogP contribution in [0, 0.1) is 24.1 Å². The fraction of sp³-hybridized carbons (Fsp3) is 0.174. The average molecular weight is 498 g/mol. The first-order valence-electron chi connectivity index (χ1n) is 10.2. The summed E-state index contributed by atoms with van der Waals surface area (Å²) in [5.74, 6) is -0.418. The fourth-order valence-electron chi connectivity index (χ4n) is 3.73. The second kappa shape index (κ2) is 9.34. The van der Waals surface area contributed by atoms with Gasteiger partial charge in [-0.05, 0) is 66.4 Å². The highest BCUT2D eigenvalue weighted by atomic mass is 32.2. The van der Waals surface area contributed by atoms with Crippen molar-refractivity contribution in [1.29, 1.82) is 5.26 Å². The summed E-state index contributed by atoms with van der Waals surface area (Å²) in [5.41, 5.74) is 2.88. The molecule has 0 spiro atoms. The molecule has 34 heavy (non-hydrogen) atoms. The Labute approximate surface area is 200 Å². The first kappa shape index (κ1) is 23.6. The van der Waals surface area contributed by atoms with Crippen molar-refractivity contribution in [3.05, 3.63) is 65.6 Å². The summed E-state index contributed by atoms with van der Waals surface area (Å²) in [7, 11) is -3.92. The van der Waals surface area contributed by atoms with Crippen LogP contribution in [0.2, 0.25) is 0 Å². The van der Waals surface area contributed by atoms with Crippen LogP contribution in [-0.4, -0.2) is 32.5 Å². The highest BCUT2D eigenvalue weighted by Gasteiger charge is 2.31. The van der Waals surface area contributed by atoms with Gasteiger partial charge in [0.25, 0.3) is 0 Å². The molecular weight excluding hydrogens is 477 g/mol. The van der Waals surface area contributed by atoms with Gasteiger partial charge in [-0.25, -0.2) is 27.7 Å². The van der Waals surface area contributed by atoms with Crippen molar-refractivity contribution >= 4 is 44.3 Å². The molecule has 0 unspecified atom stereocenters. The Hall–Kier alpha value is -3.59. The minimum Gasteiger partial charge on any atom is -0.294 e. The van der Waals surface area contributed by atoms with Gasteiger partial charge in [-0.1, -0.05) is 23.5 Å². The number of aryl methyl sites for hydroxylation is 1. The Morgan fingerprint density at radius 2 is 1.85 bits per heavy atom. The number of sulfonamides is 1. The standard InChI is InChI=1S/C23H20FN5O3S2/c1-15-21(34(26,31)32)33-22(27-15)29-11-3-10-28(23(29)30)20-7-5-17(6-8-20)18-12-16(4-2-9-25)13-19(24)14-18/h2,4-8,12-14H,3,10-11H2,1H3,(H2,26,31,32)/b4-2+. The zero-order valence-electron chi connectivity index (χ0n) is 18.1. The molecule has 1 aromatic heterocycles. The Bertz CT molecular complexity index is 1430. The summed E-state index contributed by atoms with van der Waals surface area (Å²) < 4.78 is 37.5. The summed E-state index contributed by atoms with van der Waals surface area (Å²) in [5, 5.41) is 14.2. The van der Waals surface area contributed by atoms with Crippen molar-refractivity contribution < 1.29 is 17.6 Å². The lowest BCUT2D eigenvalue weighted by atomic mass is 10.0. The third-order valence-corrected chi connectivity index (χ3v) is 7.97. The number of halogens is 1. The predicted octanol–water partition coefficient (Wildman–Crippen LogP) is 4.28. The number of carbonyl (C=O) groups excluding carboxylic acids is 1. The van der Waals surface area contributed by atoms with Crippen LogP contribution < -0.4 is 14.9 Å². The molecule has 3 aromatic rings. The molecule has 174 valence electrons. The summed E-state index contributed by atoms with van der Waals surface area (Å²) in [6, 6.07) is 13.2. The number of hydrogen-bond acceptors (Lipinski definition) is 6. The quantitative estimate of drug-likeness (QED) is 0.528. The van der Waals surface area contributed by atoms with Crippen molar-refractivity contribution in [2.24, 2.45) is 5.14 Å². The monoisotopic (exact) mass is 497 g/mol. The highest BCUT2D eigenvalue weighted by molar-refractivity contribution is 7.91. The van der Waals surface area contributed by atoms with E-state index in [1.165, 1.54) is 29.2 Å². The SMILES string of the molecule is Cc1nc(N2CCCN(c3ccc(-c4cc(F)cc(/C=C/C#N)c4)cc3)C2=O)sc1S(N)(=O)=O. The van der Waals surface area contributed by atoms with Gasteiger partial charge >= 0.3 is 6.03 Å². The molecule has 1 aliphatic rings. The molecule has 2 amide bonds. The smallest absolute Gasteiger partial charge is 0.294 e. The Balaban J connectivity index is 1.59. The van der Waals surface area contributed by atoms with Crippen LogP contribution in [0.3, 0.4) is 0 Å². The molecule has 11 heteroatoms. The van der Waals surface area contributed by atoms with Crippen LogP contribution in [-0.2, 0) is 10.0 Å². The van der Waals surface area contributed by atoms with Crippen LogP contribution in [0.4, 0.5) is 20.0 Å². The second-order valence-electron chi connectivity index (χ2n) is 7.64. The third kappa shape index (κ3) is 4.84. The molecule has 0 bridgehead atoms. The molecule has 2 N–H and O–H groups in total. The minimum atomic E-state index is -3.92. The van der Waals surface area contributed by atoms with Crippen molar-refractivity contribution in [2.75, 3.05) is 22.9 Å². The number of carbonyl (C=O) groups is 1. The number of benzene rings is 2. The lowest BCUT2D eigenvalue weighted by Crippen LogP contribution is -2.49. The topological polar surface area (TPSA) is 120 Å². The van der Waals surface area contributed by atoms with Crippen LogP contribution in [0.1, 0.15) is 17.7 Å². The molecule has 0 atom stereocenters. The molecule has 8 nitrogen and oxygen atoms in total. The summed E-state index contributed by atoms with van der Waals surface area (Å²) in [6.45, 7) is 2.44. The van der Waals surface area contributed by atoms with Crippen LogP contribution in [0.15, 0.2) is 52.7 Å². The molecular formula is C23H20FN5O3S2. The van der Waals surface area contributed by atoms with Gasteiger partial charge in [-0.15, -0.1) is 0 Å². The number of rotatable bonds is 5. The predicted molar refractivity (Wildman–Crippen MR) is 129 cm³/mol. The number of allylic oxidation sites excluding steroid dienone is 1. The van der Waals surface area contributed by atoms with Crippen molar-refractivity contribution in [1.82, 2.24) is 4.98 Å². The number of amides is 2. The number of thiazole rings is 1. The van der Waals surface area contributed by atoms with Crippen LogP contribution in [0.25, 0.3) is 17.2 Å². The molecule has 2 heterocycles. The van der Waals surface area contributed by atoms with E-state index < -0.39 is 15.8 Å².